The molecule has 0 amide bonds. The molecule has 0 aliphatic heterocycles. The van der Waals surface area contributed by atoms with E-state index < -0.39 is 11.6 Å². The number of nitrogens with zero attached hydrogens (tertiary/aromatic N) is 6. The summed E-state index contributed by atoms with van der Waals surface area (Å²) in [6, 6.07) is 21.4. The third-order valence-electron chi connectivity index (χ3n) is 3.95. The molecule has 0 saturated heterocycles. The fraction of sp³-hybridized carbons (Fsp3) is 0. The average Bonchev–Trinajstić information content (AvgIpc) is 3.48. The van der Waals surface area contributed by atoms with E-state index in [1.807, 2.05) is 48.5 Å². The van der Waals surface area contributed by atoms with Crippen LogP contribution in [0.25, 0.3) is 28.6 Å². The van der Waals surface area contributed by atoms with Crippen LogP contribution in [0.4, 0.5) is 8.78 Å². The van der Waals surface area contributed by atoms with E-state index in [2.05, 4.69) is 31.3 Å². The van der Waals surface area contributed by atoms with Crippen LogP contribution in [0, 0.1) is 17.7 Å². The molecule has 0 fully saturated rings. The summed E-state index contributed by atoms with van der Waals surface area (Å²) in [5.41, 5.74) is 1.82. The minimum atomic E-state index is -0.677. The first-order chi connectivity index (χ1) is 14.7. The van der Waals surface area contributed by atoms with Crippen LogP contribution in [0.2, 0.25) is 0 Å². The third kappa shape index (κ3) is 5.53. The Bertz CT molecular complexity index is 1160. The monoisotopic (exact) mass is 593 g/mol. The summed E-state index contributed by atoms with van der Waals surface area (Å²) in [7, 11) is 0. The SMILES string of the molecule is Fc1c[c-]c(-n2cccn2)c(F)c1.[Ir].c1ccc(-c2nnc(-c3ccccn3)[n-]2)cc1. The van der Waals surface area contributed by atoms with Crippen molar-refractivity contribution in [3.05, 3.63) is 103 Å². The average molecular weight is 593 g/mol. The van der Waals surface area contributed by atoms with Gasteiger partial charge in [0.2, 0.25) is 0 Å². The fourth-order valence-corrected chi connectivity index (χ4v) is 2.57. The van der Waals surface area contributed by atoms with Crippen LogP contribution in [0.1, 0.15) is 0 Å². The number of halogens is 2. The number of hydrogen-bond acceptors (Lipinski definition) is 4. The first-order valence-corrected chi connectivity index (χ1v) is 8.91. The molecule has 31 heavy (non-hydrogen) atoms. The second kappa shape index (κ2) is 10.5. The summed E-state index contributed by atoms with van der Waals surface area (Å²) >= 11 is 0. The minimum absolute atomic E-state index is 0. The van der Waals surface area contributed by atoms with Crippen LogP contribution >= 0.6 is 0 Å². The maximum absolute atomic E-state index is 13.1. The van der Waals surface area contributed by atoms with E-state index in [0.29, 0.717) is 11.6 Å². The molecule has 2 aromatic carbocycles. The quantitative estimate of drug-likeness (QED) is 0.295. The van der Waals surface area contributed by atoms with E-state index in [1.54, 1.807) is 18.5 Å². The van der Waals surface area contributed by atoms with Gasteiger partial charge in [-0.1, -0.05) is 36.4 Å². The zero-order valence-corrected chi connectivity index (χ0v) is 18.3. The molecule has 0 atom stereocenters. The van der Waals surface area contributed by atoms with Crippen molar-refractivity contribution < 1.29 is 28.9 Å². The maximum atomic E-state index is 13.1. The molecular formula is C22H14F2IrN6-2. The molecule has 0 N–H and O–H groups in total. The third-order valence-corrected chi connectivity index (χ3v) is 3.95. The summed E-state index contributed by atoms with van der Waals surface area (Å²) in [5.74, 6) is -0.132. The minimum Gasteiger partial charge on any atom is -0.356 e. The Morgan fingerprint density at radius 1 is 0.871 bits per heavy atom. The van der Waals surface area contributed by atoms with Gasteiger partial charge >= 0.3 is 0 Å². The number of aromatic nitrogens is 6. The molecule has 5 rings (SSSR count). The van der Waals surface area contributed by atoms with Crippen molar-refractivity contribution in [2.45, 2.75) is 0 Å². The Labute approximate surface area is 190 Å². The van der Waals surface area contributed by atoms with Crippen molar-refractivity contribution in [1.82, 2.24) is 29.9 Å². The maximum Gasteiger partial charge on any atom is 0.0757 e. The van der Waals surface area contributed by atoms with Gasteiger partial charge in [-0.2, -0.15) is 11.2 Å². The number of benzene rings is 2. The molecule has 0 bridgehead atoms. The van der Waals surface area contributed by atoms with E-state index >= 15 is 0 Å². The number of hydrogen-bond donors (Lipinski definition) is 0. The topological polar surface area (TPSA) is 70.6 Å². The molecule has 1 radical (unpaired) electrons. The molecule has 157 valence electrons. The molecule has 3 heterocycles. The number of rotatable bonds is 3. The van der Waals surface area contributed by atoms with Crippen LogP contribution in [-0.2, 0) is 20.1 Å². The summed E-state index contributed by atoms with van der Waals surface area (Å²) in [6.45, 7) is 0. The van der Waals surface area contributed by atoms with E-state index in [1.165, 1.54) is 10.9 Å². The van der Waals surface area contributed by atoms with Gasteiger partial charge in [0.25, 0.3) is 0 Å². The Morgan fingerprint density at radius 2 is 1.65 bits per heavy atom. The summed E-state index contributed by atoms with van der Waals surface area (Å²) in [4.78, 5) is 8.56. The van der Waals surface area contributed by atoms with Gasteiger partial charge in [-0.15, -0.1) is 12.1 Å². The first kappa shape index (κ1) is 22.1. The van der Waals surface area contributed by atoms with Gasteiger partial charge in [0.1, 0.15) is 0 Å². The van der Waals surface area contributed by atoms with Crippen LogP contribution in [0.5, 0.6) is 0 Å². The molecule has 0 saturated carbocycles. The van der Waals surface area contributed by atoms with Crippen molar-refractivity contribution >= 4 is 0 Å². The Hall–Kier alpha value is -3.55. The van der Waals surface area contributed by atoms with Crippen LogP contribution in [-0.4, -0.2) is 25.0 Å². The van der Waals surface area contributed by atoms with Gasteiger partial charge in [0.15, 0.2) is 0 Å². The van der Waals surface area contributed by atoms with Crippen molar-refractivity contribution in [3.8, 4) is 28.6 Å². The van der Waals surface area contributed by atoms with Gasteiger partial charge in [-0.3, -0.25) is 18.4 Å². The summed E-state index contributed by atoms with van der Waals surface area (Å²) in [5, 5.41) is 11.9. The molecule has 5 aromatic rings. The van der Waals surface area contributed by atoms with Gasteiger partial charge < -0.3 is 15.2 Å². The number of pyridine rings is 1. The molecular weight excluding hydrogens is 578 g/mol. The van der Waals surface area contributed by atoms with Gasteiger partial charge in [-0.25, -0.2) is 0 Å². The van der Waals surface area contributed by atoms with E-state index in [9.17, 15) is 8.78 Å². The predicted octanol–water partition coefficient (Wildman–Crippen LogP) is 4.11. The zero-order chi connectivity index (χ0) is 20.8. The summed E-state index contributed by atoms with van der Waals surface area (Å²) in [6.07, 6.45) is 4.79. The van der Waals surface area contributed by atoms with Crippen molar-refractivity contribution in [3.63, 3.8) is 0 Å². The Kier molecular flexibility index (Phi) is 7.48. The smallest absolute Gasteiger partial charge is 0.0757 e. The standard InChI is InChI=1S/C13H9N4.C9H5F2N2.Ir/c1-2-6-10(7-3-1)12-15-13(17-16-12)11-8-4-5-9-14-11;10-7-2-3-9(8(11)6-7)13-5-1-4-12-13;/h1-9H;1-2,4-6H;/q2*-1;. The van der Waals surface area contributed by atoms with Gasteiger partial charge in [0, 0.05) is 62.0 Å². The van der Waals surface area contributed by atoms with E-state index in [4.69, 9.17) is 0 Å². The predicted molar refractivity (Wildman–Crippen MR) is 106 cm³/mol. The van der Waals surface area contributed by atoms with Crippen LogP contribution in [0.3, 0.4) is 0 Å². The molecule has 3 aromatic heterocycles. The van der Waals surface area contributed by atoms with Gasteiger partial charge in [0.05, 0.1) is 5.69 Å². The molecule has 0 unspecified atom stereocenters. The van der Waals surface area contributed by atoms with E-state index in [-0.39, 0.29) is 25.8 Å². The van der Waals surface area contributed by atoms with Crippen LogP contribution in [0.15, 0.2) is 85.3 Å². The van der Waals surface area contributed by atoms with Gasteiger partial charge in [-0.05, 0) is 29.4 Å². The second-order valence-corrected chi connectivity index (χ2v) is 6.01. The molecule has 0 aliphatic rings. The fourth-order valence-electron chi connectivity index (χ4n) is 2.57. The van der Waals surface area contributed by atoms with Crippen LogP contribution < -0.4 is 4.98 Å². The molecule has 9 heteroatoms. The van der Waals surface area contributed by atoms with Crippen molar-refractivity contribution in [2.24, 2.45) is 0 Å². The van der Waals surface area contributed by atoms with E-state index in [0.717, 1.165) is 23.4 Å². The molecule has 0 aliphatic carbocycles. The second-order valence-electron chi connectivity index (χ2n) is 6.01. The molecule has 0 spiro atoms. The van der Waals surface area contributed by atoms with Crippen molar-refractivity contribution in [1.29, 1.82) is 0 Å². The van der Waals surface area contributed by atoms with Crippen molar-refractivity contribution in [2.75, 3.05) is 0 Å². The molecule has 6 nitrogen and oxygen atoms in total. The first-order valence-electron chi connectivity index (χ1n) is 8.91. The largest absolute Gasteiger partial charge is 0.356 e. The Balaban J connectivity index is 0.000000176. The summed E-state index contributed by atoms with van der Waals surface area (Å²) < 4.78 is 26.9. The normalized spacial score (nSPS) is 10.0. The Morgan fingerprint density at radius 3 is 2.32 bits per heavy atom. The zero-order valence-electron chi connectivity index (χ0n) is 15.9.